The summed E-state index contributed by atoms with van der Waals surface area (Å²) in [5, 5.41) is 14.8. The number of amides is 2. The van der Waals surface area contributed by atoms with Crippen molar-refractivity contribution in [2.45, 2.75) is 26.8 Å². The number of carbonyl (C=O) groups is 2. The van der Waals surface area contributed by atoms with E-state index in [1.165, 1.54) is 28.8 Å². The van der Waals surface area contributed by atoms with Crippen molar-refractivity contribution in [3.8, 4) is 17.6 Å². The van der Waals surface area contributed by atoms with Crippen LogP contribution in [0.4, 0.5) is 10.5 Å². The van der Waals surface area contributed by atoms with E-state index in [-0.39, 0.29) is 33.6 Å². The number of nitriles is 1. The number of rotatable bonds is 8. The smallest absolute Gasteiger partial charge is 0.414 e. The van der Waals surface area contributed by atoms with Crippen molar-refractivity contribution in [1.82, 2.24) is 9.88 Å². The topological polar surface area (TPSA) is 135 Å². The maximum Gasteiger partial charge on any atom is 0.414 e. The second kappa shape index (κ2) is 11.7. The molecule has 10 nitrogen and oxygen atoms in total. The van der Waals surface area contributed by atoms with E-state index in [4.69, 9.17) is 33.2 Å². The summed E-state index contributed by atoms with van der Waals surface area (Å²) in [6.45, 7) is 4.10. The van der Waals surface area contributed by atoms with Crippen LogP contribution in [0.5, 0.6) is 11.5 Å². The van der Waals surface area contributed by atoms with E-state index in [0.29, 0.717) is 12.3 Å². The second-order valence-corrected chi connectivity index (χ2v) is 6.94. The predicted octanol–water partition coefficient (Wildman–Crippen LogP) is 3.92. The fourth-order valence-corrected chi connectivity index (χ4v) is 2.96. The van der Waals surface area contributed by atoms with E-state index >= 15 is 0 Å². The number of ether oxygens (including phenoxy) is 2. The largest absolute Gasteiger partial charge is 0.453 e. The third-order valence-electron chi connectivity index (χ3n) is 3.75. The van der Waals surface area contributed by atoms with Gasteiger partial charge in [-0.2, -0.15) is 10.4 Å². The minimum atomic E-state index is -1.04. The minimum absolute atomic E-state index is 0.0570. The van der Waals surface area contributed by atoms with E-state index in [1.54, 1.807) is 19.2 Å². The van der Waals surface area contributed by atoms with Gasteiger partial charge in [0, 0.05) is 18.8 Å². The van der Waals surface area contributed by atoms with Gasteiger partial charge >= 0.3 is 6.09 Å². The van der Waals surface area contributed by atoms with Crippen LogP contribution in [0.3, 0.4) is 0 Å². The second-order valence-electron chi connectivity index (χ2n) is 6.13. The third-order valence-corrected chi connectivity index (χ3v) is 4.31. The highest BCUT2D eigenvalue weighted by atomic mass is 35.5. The number of aromatic nitrogens is 1. The molecule has 2 rings (SSSR count). The van der Waals surface area contributed by atoms with Crippen molar-refractivity contribution in [2.75, 3.05) is 12.0 Å². The number of anilines is 1. The summed E-state index contributed by atoms with van der Waals surface area (Å²) in [5.41, 5.74) is 1.94. The molecule has 2 aromatic rings. The van der Waals surface area contributed by atoms with Crippen molar-refractivity contribution in [2.24, 2.45) is 5.10 Å². The number of pyridine rings is 1. The summed E-state index contributed by atoms with van der Waals surface area (Å²) < 4.78 is 11.8. The molecule has 0 saturated carbocycles. The number of carbonyl (C=O) groups excluding carboxylic acids is 2. The minimum Gasteiger partial charge on any atom is -0.453 e. The van der Waals surface area contributed by atoms with Crippen LogP contribution < -0.4 is 21.0 Å². The highest BCUT2D eigenvalue weighted by Crippen LogP contribution is 2.38. The molecule has 1 aromatic heterocycles. The summed E-state index contributed by atoms with van der Waals surface area (Å²) in [6.07, 6.45) is 1.32. The van der Waals surface area contributed by atoms with E-state index in [9.17, 15) is 14.4 Å². The Morgan fingerprint density at radius 2 is 1.91 bits per heavy atom. The molecule has 12 heteroatoms. The van der Waals surface area contributed by atoms with Gasteiger partial charge < -0.3 is 14.0 Å². The van der Waals surface area contributed by atoms with Crippen molar-refractivity contribution in [1.29, 1.82) is 5.26 Å². The van der Waals surface area contributed by atoms with Gasteiger partial charge in [-0.15, -0.1) is 0 Å². The molecule has 0 fully saturated rings. The van der Waals surface area contributed by atoms with Crippen molar-refractivity contribution < 1.29 is 19.1 Å². The van der Waals surface area contributed by atoms with E-state index in [0.717, 1.165) is 6.42 Å². The Labute approximate surface area is 193 Å². The van der Waals surface area contributed by atoms with Crippen LogP contribution in [0.1, 0.15) is 20.3 Å². The standard InChI is InChI=1S/C20H19Cl2N5O5/c1-3-7-27-11-13(5-6-17(27)28)32-18-14(21)8-12(9-15(18)22)25-26-16(10-23)19(29)24-20(30)31-4-2/h5-6,8-9,11,25H,3-4,7H2,1-2H3,(H,24,29,30). The first-order valence-electron chi connectivity index (χ1n) is 9.38. The average Bonchev–Trinajstić information content (AvgIpc) is 2.73. The molecule has 0 aliphatic heterocycles. The Bertz CT molecular complexity index is 1120. The Hall–Kier alpha value is -3.55. The van der Waals surface area contributed by atoms with Gasteiger partial charge in [-0.25, -0.2) is 4.79 Å². The van der Waals surface area contributed by atoms with Gasteiger partial charge in [0.1, 0.15) is 11.8 Å². The van der Waals surface area contributed by atoms with Gasteiger partial charge in [-0.1, -0.05) is 30.1 Å². The van der Waals surface area contributed by atoms with Gasteiger partial charge in [-0.05, 0) is 31.5 Å². The number of hydrazone groups is 1. The molecule has 0 atom stereocenters. The van der Waals surface area contributed by atoms with Gasteiger partial charge in [0.25, 0.3) is 11.5 Å². The SMILES string of the molecule is CCCn1cc(Oc2c(Cl)cc(NN=C(C#N)C(=O)NC(=O)OCC)cc2Cl)ccc1=O. The Morgan fingerprint density at radius 3 is 2.50 bits per heavy atom. The molecule has 0 unspecified atom stereocenters. The number of benzene rings is 1. The summed E-state index contributed by atoms with van der Waals surface area (Å²) in [7, 11) is 0. The fraction of sp³-hybridized carbons (Fsp3) is 0.250. The lowest BCUT2D eigenvalue weighted by atomic mass is 10.3. The first kappa shape index (κ1) is 24.7. The number of hydrogen-bond donors (Lipinski definition) is 2. The first-order chi connectivity index (χ1) is 15.3. The highest BCUT2D eigenvalue weighted by molar-refractivity contribution is 6.47. The number of nitrogens with one attached hydrogen (secondary N) is 2. The van der Waals surface area contributed by atoms with Crippen LogP contribution in [0.25, 0.3) is 0 Å². The Kier molecular flexibility index (Phi) is 9.07. The number of imide groups is 1. The van der Waals surface area contributed by atoms with E-state index in [2.05, 4.69) is 15.3 Å². The lowest BCUT2D eigenvalue weighted by Crippen LogP contribution is -2.36. The van der Waals surface area contributed by atoms with Gasteiger partial charge in [0.15, 0.2) is 5.75 Å². The molecule has 0 aliphatic rings. The number of aryl methyl sites for hydroxylation is 1. The van der Waals surface area contributed by atoms with Crippen LogP contribution in [0, 0.1) is 11.3 Å². The summed E-state index contributed by atoms with van der Waals surface area (Å²) in [6, 6.07) is 7.26. The van der Waals surface area contributed by atoms with Gasteiger partial charge in [0.05, 0.1) is 22.3 Å². The quantitative estimate of drug-likeness (QED) is 0.432. The molecule has 1 heterocycles. The lowest BCUT2D eigenvalue weighted by molar-refractivity contribution is -0.114. The van der Waals surface area contributed by atoms with Crippen molar-refractivity contribution in [3.05, 3.63) is 50.9 Å². The van der Waals surface area contributed by atoms with Gasteiger partial charge in [0.2, 0.25) is 5.71 Å². The maximum atomic E-state index is 11.9. The van der Waals surface area contributed by atoms with Crippen molar-refractivity contribution >= 4 is 46.6 Å². The molecule has 0 spiro atoms. The zero-order valence-electron chi connectivity index (χ0n) is 17.1. The maximum absolute atomic E-state index is 11.9. The number of alkyl carbamates (subject to hydrolysis) is 1. The van der Waals surface area contributed by atoms with Gasteiger partial charge in [-0.3, -0.25) is 20.3 Å². The molecule has 2 N–H and O–H groups in total. The van der Waals surface area contributed by atoms with Crippen LogP contribution in [0.15, 0.2) is 40.4 Å². The highest BCUT2D eigenvalue weighted by Gasteiger charge is 2.16. The first-order valence-corrected chi connectivity index (χ1v) is 10.1. The Balaban J connectivity index is 2.18. The average molecular weight is 480 g/mol. The molecule has 1 aromatic carbocycles. The number of halogens is 2. The molecular formula is C20H19Cl2N5O5. The molecular weight excluding hydrogens is 461 g/mol. The molecule has 0 aliphatic carbocycles. The molecule has 168 valence electrons. The molecule has 0 radical (unpaired) electrons. The summed E-state index contributed by atoms with van der Waals surface area (Å²) in [5.74, 6) is -0.536. The summed E-state index contributed by atoms with van der Waals surface area (Å²) in [4.78, 5) is 35.0. The van der Waals surface area contributed by atoms with E-state index in [1.807, 2.05) is 12.2 Å². The van der Waals surface area contributed by atoms with Crippen LogP contribution >= 0.6 is 23.2 Å². The van der Waals surface area contributed by atoms with E-state index < -0.39 is 17.7 Å². The Morgan fingerprint density at radius 1 is 1.22 bits per heavy atom. The fourth-order valence-electron chi connectivity index (χ4n) is 2.39. The van der Waals surface area contributed by atoms with Crippen molar-refractivity contribution in [3.63, 3.8) is 0 Å². The van der Waals surface area contributed by atoms with Crippen LogP contribution in [-0.4, -0.2) is 28.9 Å². The molecule has 0 bridgehead atoms. The summed E-state index contributed by atoms with van der Waals surface area (Å²) >= 11 is 12.5. The molecule has 0 saturated heterocycles. The zero-order chi connectivity index (χ0) is 23.7. The normalized spacial score (nSPS) is 10.8. The van der Waals surface area contributed by atoms with Crippen LogP contribution in [0.2, 0.25) is 10.0 Å². The number of hydrogen-bond acceptors (Lipinski definition) is 8. The zero-order valence-corrected chi connectivity index (χ0v) is 18.7. The number of nitrogens with zero attached hydrogens (tertiary/aromatic N) is 3. The molecule has 2 amide bonds. The van der Waals surface area contributed by atoms with Crippen LogP contribution in [-0.2, 0) is 16.1 Å². The predicted molar refractivity (Wildman–Crippen MR) is 119 cm³/mol. The molecule has 32 heavy (non-hydrogen) atoms. The third kappa shape index (κ3) is 6.73. The lowest BCUT2D eigenvalue weighted by Gasteiger charge is -2.13. The monoisotopic (exact) mass is 479 g/mol.